The van der Waals surface area contributed by atoms with Gasteiger partial charge in [0.1, 0.15) is 6.04 Å². The van der Waals surface area contributed by atoms with E-state index in [0.29, 0.717) is 16.7 Å². The minimum absolute atomic E-state index is 0.385. The van der Waals surface area contributed by atoms with Crippen LogP contribution in [0.5, 0.6) is 0 Å². The highest BCUT2D eigenvalue weighted by Crippen LogP contribution is 2.46. The zero-order valence-corrected chi connectivity index (χ0v) is 9.43. The average Bonchev–Trinajstić information content (AvgIpc) is 2.44. The SMILES string of the molecule is CCC12C[N+](C)=NC1CCCC2S. The van der Waals surface area contributed by atoms with Crippen LogP contribution in [0.3, 0.4) is 0 Å². The van der Waals surface area contributed by atoms with Crippen molar-refractivity contribution in [3.8, 4) is 0 Å². The third-order valence-corrected chi connectivity index (χ3v) is 4.57. The van der Waals surface area contributed by atoms with Crippen LogP contribution >= 0.6 is 12.6 Å². The Hall–Kier alpha value is -0.0500. The smallest absolute Gasteiger partial charge is 0.175 e. The van der Waals surface area contributed by atoms with Crippen LogP contribution in [-0.4, -0.2) is 29.6 Å². The van der Waals surface area contributed by atoms with Gasteiger partial charge in [-0.05, 0) is 30.8 Å². The molecule has 13 heavy (non-hydrogen) atoms. The molecule has 2 nitrogen and oxygen atoms in total. The quantitative estimate of drug-likeness (QED) is 0.493. The summed E-state index contributed by atoms with van der Waals surface area (Å²) in [5.74, 6) is 0. The number of azo groups is 2. The van der Waals surface area contributed by atoms with E-state index in [-0.39, 0.29) is 0 Å². The molecule has 2 aliphatic rings. The first kappa shape index (κ1) is 9.50. The molecule has 0 radical (unpaired) electrons. The van der Waals surface area contributed by atoms with E-state index in [1.165, 1.54) is 25.7 Å². The molecule has 1 aliphatic heterocycles. The van der Waals surface area contributed by atoms with Gasteiger partial charge in [0.05, 0.1) is 5.41 Å². The highest BCUT2D eigenvalue weighted by atomic mass is 32.1. The van der Waals surface area contributed by atoms with Gasteiger partial charge in [0.25, 0.3) is 0 Å². The molecule has 1 saturated carbocycles. The lowest BCUT2D eigenvalue weighted by atomic mass is 9.69. The maximum absolute atomic E-state index is 4.76. The molecule has 0 N–H and O–H groups in total. The Balaban J connectivity index is 2.26. The molecule has 0 saturated heterocycles. The second-order valence-corrected chi connectivity index (χ2v) is 5.10. The number of rotatable bonds is 1. The molecule has 1 aliphatic carbocycles. The van der Waals surface area contributed by atoms with Crippen LogP contribution < -0.4 is 0 Å². The van der Waals surface area contributed by atoms with E-state index in [1.54, 1.807) is 0 Å². The van der Waals surface area contributed by atoms with Gasteiger partial charge in [-0.3, -0.25) is 0 Å². The van der Waals surface area contributed by atoms with Crippen molar-refractivity contribution in [3.05, 3.63) is 0 Å². The highest BCUT2D eigenvalue weighted by Gasteiger charge is 2.53. The van der Waals surface area contributed by atoms with E-state index in [4.69, 9.17) is 12.6 Å². The average molecular weight is 199 g/mol. The van der Waals surface area contributed by atoms with E-state index < -0.39 is 0 Å². The summed E-state index contributed by atoms with van der Waals surface area (Å²) in [5.41, 5.74) is 0.385. The number of nitrogens with zero attached hydrogens (tertiary/aromatic N) is 2. The van der Waals surface area contributed by atoms with Crippen LogP contribution in [0.25, 0.3) is 0 Å². The molecule has 2 rings (SSSR count). The van der Waals surface area contributed by atoms with Crippen LogP contribution in [0, 0.1) is 5.41 Å². The van der Waals surface area contributed by atoms with Crippen LogP contribution in [0.15, 0.2) is 5.11 Å². The van der Waals surface area contributed by atoms with Crippen molar-refractivity contribution in [1.29, 1.82) is 0 Å². The lowest BCUT2D eigenvalue weighted by Crippen LogP contribution is -2.45. The molecule has 1 fully saturated rings. The van der Waals surface area contributed by atoms with Crippen LogP contribution in [-0.2, 0) is 0 Å². The maximum atomic E-state index is 4.76. The van der Waals surface area contributed by atoms with Gasteiger partial charge in [-0.2, -0.15) is 12.6 Å². The van der Waals surface area contributed by atoms with Gasteiger partial charge in [0.15, 0.2) is 13.6 Å². The van der Waals surface area contributed by atoms with Gasteiger partial charge in [-0.25, -0.2) is 0 Å². The fourth-order valence-corrected chi connectivity index (χ4v) is 3.59. The van der Waals surface area contributed by atoms with E-state index in [1.807, 2.05) is 0 Å². The zero-order valence-electron chi connectivity index (χ0n) is 8.53. The number of thiol groups is 1. The summed E-state index contributed by atoms with van der Waals surface area (Å²) in [4.78, 5) is 0. The minimum Gasteiger partial charge on any atom is -0.175 e. The summed E-state index contributed by atoms with van der Waals surface area (Å²) in [5, 5.41) is 5.25. The molecule has 0 bridgehead atoms. The van der Waals surface area contributed by atoms with Gasteiger partial charge in [-0.1, -0.05) is 6.92 Å². The third kappa shape index (κ3) is 1.32. The van der Waals surface area contributed by atoms with Crippen molar-refractivity contribution in [2.45, 2.75) is 43.9 Å². The van der Waals surface area contributed by atoms with Crippen molar-refractivity contribution in [2.24, 2.45) is 10.5 Å². The predicted molar refractivity (Wildman–Crippen MR) is 56.6 cm³/mol. The molecular formula is C10H19N2S+. The zero-order chi connectivity index (χ0) is 9.47. The molecule has 0 aromatic carbocycles. The van der Waals surface area contributed by atoms with Crippen LogP contribution in [0.2, 0.25) is 0 Å². The Bertz CT molecular complexity index is 239. The van der Waals surface area contributed by atoms with Gasteiger partial charge >= 0.3 is 0 Å². The monoisotopic (exact) mass is 199 g/mol. The van der Waals surface area contributed by atoms with Crippen molar-refractivity contribution >= 4 is 12.6 Å². The molecule has 0 spiro atoms. The Morgan fingerprint density at radius 3 is 2.92 bits per heavy atom. The number of hydrogen-bond donors (Lipinski definition) is 1. The van der Waals surface area contributed by atoms with Crippen molar-refractivity contribution in [3.63, 3.8) is 0 Å². The molecular weight excluding hydrogens is 180 g/mol. The predicted octanol–water partition coefficient (Wildman–Crippen LogP) is 2.34. The largest absolute Gasteiger partial charge is 0.176 e. The summed E-state index contributed by atoms with van der Waals surface area (Å²) in [7, 11) is 2.09. The van der Waals surface area contributed by atoms with Gasteiger partial charge in [0, 0.05) is 5.25 Å². The van der Waals surface area contributed by atoms with E-state index >= 15 is 0 Å². The summed E-state index contributed by atoms with van der Waals surface area (Å²) in [6, 6.07) is 0.554. The minimum atomic E-state index is 0.385. The van der Waals surface area contributed by atoms with Crippen molar-refractivity contribution in [2.75, 3.05) is 13.6 Å². The molecule has 3 unspecified atom stereocenters. The third-order valence-electron chi connectivity index (χ3n) is 3.80. The van der Waals surface area contributed by atoms with Gasteiger partial charge < -0.3 is 0 Å². The molecule has 0 amide bonds. The molecule has 3 atom stereocenters. The van der Waals surface area contributed by atoms with Gasteiger partial charge in [0.2, 0.25) is 0 Å². The maximum Gasteiger partial charge on any atom is 0.176 e. The molecule has 0 aromatic rings. The summed E-state index contributed by atoms with van der Waals surface area (Å²) in [6.45, 7) is 3.40. The standard InChI is InChI=1S/C10H18N2S/c1-3-10-7-12(2)11-8(10)5-4-6-9(10)13/h8-9H,3-7H2,1-2H3/p+1. The summed E-state index contributed by atoms with van der Waals surface area (Å²) >= 11 is 4.76. The normalized spacial score (nSPS) is 44.4. The molecule has 0 aromatic heterocycles. The molecule has 74 valence electrons. The Kier molecular flexibility index (Phi) is 2.39. The topological polar surface area (TPSA) is 15.4 Å². The first-order chi connectivity index (χ1) is 6.19. The fourth-order valence-electron chi connectivity index (χ4n) is 2.97. The summed E-state index contributed by atoms with van der Waals surface area (Å²) < 4.78 is 2.13. The van der Waals surface area contributed by atoms with Crippen molar-refractivity contribution in [1.82, 2.24) is 0 Å². The Morgan fingerprint density at radius 1 is 1.54 bits per heavy atom. The van der Waals surface area contributed by atoms with E-state index in [0.717, 1.165) is 6.54 Å². The van der Waals surface area contributed by atoms with Gasteiger partial charge in [-0.15, -0.1) is 4.70 Å². The fraction of sp³-hybridized carbons (Fsp3) is 1.00. The van der Waals surface area contributed by atoms with Crippen LogP contribution in [0.4, 0.5) is 0 Å². The lowest BCUT2D eigenvalue weighted by Gasteiger charge is -2.38. The molecule has 1 heterocycles. The number of hydrogen-bond acceptors (Lipinski definition) is 2. The lowest BCUT2D eigenvalue weighted by molar-refractivity contribution is -0.560. The number of fused-ring (bicyclic) bond motifs is 1. The highest BCUT2D eigenvalue weighted by molar-refractivity contribution is 7.81. The Labute approximate surface area is 85.8 Å². The summed E-state index contributed by atoms with van der Waals surface area (Å²) in [6.07, 6.45) is 5.07. The van der Waals surface area contributed by atoms with Crippen LogP contribution in [0.1, 0.15) is 32.6 Å². The first-order valence-electron chi connectivity index (χ1n) is 5.29. The van der Waals surface area contributed by atoms with E-state index in [2.05, 4.69) is 23.8 Å². The van der Waals surface area contributed by atoms with E-state index in [9.17, 15) is 0 Å². The molecule has 3 heteroatoms. The Morgan fingerprint density at radius 2 is 2.31 bits per heavy atom. The first-order valence-corrected chi connectivity index (χ1v) is 5.80. The van der Waals surface area contributed by atoms with Crippen molar-refractivity contribution < 1.29 is 4.70 Å². The second kappa shape index (κ2) is 3.26. The second-order valence-electron chi connectivity index (χ2n) is 4.48.